The average Bonchev–Trinajstić information content (AvgIpc) is 2.03. The predicted octanol–water partition coefficient (Wildman–Crippen LogP) is 3.79. The molecule has 0 aliphatic heterocycles. The van der Waals surface area contributed by atoms with Crippen LogP contribution in [0.4, 0.5) is 0 Å². The first-order valence-corrected chi connectivity index (χ1v) is 5.96. The maximum atomic E-state index is 3.20. The third-order valence-corrected chi connectivity index (χ3v) is 2.23. The molecule has 11 heavy (non-hydrogen) atoms. The fourth-order valence-electron chi connectivity index (χ4n) is 0.750. The van der Waals surface area contributed by atoms with E-state index in [1.807, 2.05) is 0 Å². The molecule has 0 aliphatic carbocycles. The Balaban J connectivity index is 2.99. The van der Waals surface area contributed by atoms with Crippen molar-refractivity contribution in [2.45, 2.75) is 45.4 Å². The summed E-state index contributed by atoms with van der Waals surface area (Å²) in [5, 5.41) is 0. The molecule has 0 saturated carbocycles. The highest BCUT2D eigenvalue weighted by Crippen LogP contribution is 1.97. The molecule has 0 unspecified atom stereocenters. The lowest BCUT2D eigenvalue weighted by Crippen LogP contribution is -1.74. The molecule has 0 spiro atoms. The van der Waals surface area contributed by atoms with Crippen LogP contribution < -0.4 is 0 Å². The topological polar surface area (TPSA) is 0 Å². The molecular weight excluding hydrogens is 247 g/mol. The van der Waals surface area contributed by atoms with Crippen LogP contribution in [0.2, 0.25) is 0 Å². The lowest BCUT2D eigenvalue weighted by Gasteiger charge is -1.87. The van der Waals surface area contributed by atoms with E-state index in [0.29, 0.717) is 0 Å². The number of hydrogen-bond donors (Lipinski definition) is 0. The van der Waals surface area contributed by atoms with Gasteiger partial charge in [-0.2, -0.15) is 0 Å². The highest BCUT2D eigenvalue weighted by molar-refractivity contribution is 14.1. The Morgan fingerprint density at radius 3 is 2.18 bits per heavy atom. The molecule has 0 aliphatic rings. The van der Waals surface area contributed by atoms with Crippen molar-refractivity contribution in [3.05, 3.63) is 0 Å². The van der Waals surface area contributed by atoms with E-state index in [1.165, 1.54) is 30.1 Å². The van der Waals surface area contributed by atoms with Crippen molar-refractivity contribution in [1.82, 2.24) is 0 Å². The van der Waals surface area contributed by atoms with Gasteiger partial charge in [0.05, 0.1) is 0 Å². The summed E-state index contributed by atoms with van der Waals surface area (Å²) in [7, 11) is 0. The standard InChI is InChI=1S/C10H17I/c1-2-3-4-5-6-7-8-9-10-11/h2-4,7-10H2,1H3. The van der Waals surface area contributed by atoms with Crippen molar-refractivity contribution in [3.8, 4) is 11.8 Å². The van der Waals surface area contributed by atoms with Gasteiger partial charge in [-0.3, -0.25) is 0 Å². The molecule has 0 aromatic carbocycles. The molecule has 0 bridgehead atoms. The fraction of sp³-hybridized carbons (Fsp3) is 0.800. The molecule has 0 rings (SSSR count). The van der Waals surface area contributed by atoms with Crippen LogP contribution in [0.15, 0.2) is 0 Å². The first kappa shape index (κ1) is 11.3. The first-order chi connectivity index (χ1) is 5.41. The number of hydrogen-bond acceptors (Lipinski definition) is 0. The first-order valence-electron chi connectivity index (χ1n) is 4.43. The lowest BCUT2D eigenvalue weighted by molar-refractivity contribution is 0.821. The van der Waals surface area contributed by atoms with Crippen molar-refractivity contribution in [2.24, 2.45) is 0 Å². The Hall–Kier alpha value is 0.290. The van der Waals surface area contributed by atoms with E-state index in [2.05, 4.69) is 41.4 Å². The second-order valence-corrected chi connectivity index (χ2v) is 3.68. The van der Waals surface area contributed by atoms with Crippen LogP contribution in [0.25, 0.3) is 0 Å². The second-order valence-electron chi connectivity index (χ2n) is 2.60. The summed E-state index contributed by atoms with van der Waals surface area (Å²) in [5.41, 5.74) is 0. The van der Waals surface area contributed by atoms with Gasteiger partial charge in [-0.05, 0) is 23.7 Å². The van der Waals surface area contributed by atoms with Gasteiger partial charge >= 0.3 is 0 Å². The van der Waals surface area contributed by atoms with E-state index < -0.39 is 0 Å². The lowest BCUT2D eigenvalue weighted by atomic mass is 10.2. The van der Waals surface area contributed by atoms with Gasteiger partial charge in [-0.25, -0.2) is 0 Å². The third kappa shape index (κ3) is 10.3. The predicted molar refractivity (Wildman–Crippen MR) is 60.0 cm³/mol. The maximum Gasteiger partial charge on any atom is 0.00889 e. The molecule has 64 valence electrons. The monoisotopic (exact) mass is 264 g/mol. The molecule has 0 N–H and O–H groups in total. The maximum absolute atomic E-state index is 3.20. The molecular formula is C10H17I. The van der Waals surface area contributed by atoms with Gasteiger partial charge in [0.15, 0.2) is 0 Å². The quantitative estimate of drug-likeness (QED) is 0.307. The van der Waals surface area contributed by atoms with Crippen LogP contribution >= 0.6 is 22.6 Å². The van der Waals surface area contributed by atoms with Gasteiger partial charge < -0.3 is 0 Å². The minimum Gasteiger partial charge on any atom is -0.103 e. The third-order valence-electron chi connectivity index (χ3n) is 1.47. The molecule has 0 atom stereocenters. The van der Waals surface area contributed by atoms with Gasteiger partial charge in [0.2, 0.25) is 0 Å². The summed E-state index contributed by atoms with van der Waals surface area (Å²) >= 11 is 2.41. The number of rotatable bonds is 5. The summed E-state index contributed by atoms with van der Waals surface area (Å²) in [6.07, 6.45) is 7.33. The van der Waals surface area contributed by atoms with E-state index in [0.717, 1.165) is 12.8 Å². The van der Waals surface area contributed by atoms with Crippen LogP contribution in [0.3, 0.4) is 0 Å². The van der Waals surface area contributed by atoms with E-state index in [1.54, 1.807) is 0 Å². The van der Waals surface area contributed by atoms with Crippen LogP contribution in [0, 0.1) is 11.8 Å². The average molecular weight is 264 g/mol. The summed E-state index contributed by atoms with van der Waals surface area (Å²) in [4.78, 5) is 0. The van der Waals surface area contributed by atoms with E-state index >= 15 is 0 Å². The number of unbranched alkanes of at least 4 members (excludes halogenated alkanes) is 4. The summed E-state index contributed by atoms with van der Waals surface area (Å²) < 4.78 is 1.27. The minimum absolute atomic E-state index is 1.10. The highest BCUT2D eigenvalue weighted by atomic mass is 127. The normalized spacial score (nSPS) is 8.91. The Morgan fingerprint density at radius 2 is 1.64 bits per heavy atom. The highest BCUT2D eigenvalue weighted by Gasteiger charge is 1.81. The van der Waals surface area contributed by atoms with Gasteiger partial charge in [0, 0.05) is 12.8 Å². The van der Waals surface area contributed by atoms with Crippen molar-refractivity contribution >= 4 is 22.6 Å². The Labute approximate surface area is 84.3 Å². The van der Waals surface area contributed by atoms with E-state index in [4.69, 9.17) is 0 Å². The SMILES string of the molecule is CCCCC#CCCCCI. The van der Waals surface area contributed by atoms with Crippen LogP contribution in [0.1, 0.15) is 45.4 Å². The second kappa shape index (κ2) is 10.3. The van der Waals surface area contributed by atoms with Crippen LogP contribution in [-0.4, -0.2) is 4.43 Å². The van der Waals surface area contributed by atoms with Gasteiger partial charge in [0.25, 0.3) is 0 Å². The smallest absolute Gasteiger partial charge is 0.00889 e. The molecule has 1 heteroatoms. The van der Waals surface area contributed by atoms with Gasteiger partial charge in [-0.1, -0.05) is 35.9 Å². The van der Waals surface area contributed by atoms with Gasteiger partial charge in [0.1, 0.15) is 0 Å². The Bertz CT molecular complexity index is 119. The molecule has 0 aromatic rings. The molecule has 0 heterocycles. The van der Waals surface area contributed by atoms with Crippen LogP contribution in [0.5, 0.6) is 0 Å². The zero-order chi connectivity index (χ0) is 8.36. The van der Waals surface area contributed by atoms with Crippen LogP contribution in [-0.2, 0) is 0 Å². The Kier molecular flexibility index (Phi) is 10.6. The molecule has 0 radical (unpaired) electrons. The zero-order valence-corrected chi connectivity index (χ0v) is 9.49. The molecule has 0 nitrogen and oxygen atoms in total. The van der Waals surface area contributed by atoms with Gasteiger partial charge in [-0.15, -0.1) is 11.8 Å². The minimum atomic E-state index is 1.10. The van der Waals surface area contributed by atoms with Crippen molar-refractivity contribution < 1.29 is 0 Å². The van der Waals surface area contributed by atoms with Crippen molar-refractivity contribution in [2.75, 3.05) is 4.43 Å². The molecule has 0 saturated heterocycles. The van der Waals surface area contributed by atoms with E-state index in [9.17, 15) is 0 Å². The fourth-order valence-corrected chi connectivity index (χ4v) is 1.29. The van der Waals surface area contributed by atoms with E-state index in [-0.39, 0.29) is 0 Å². The molecule has 0 amide bonds. The molecule has 0 fully saturated rings. The Morgan fingerprint density at radius 1 is 1.00 bits per heavy atom. The summed E-state index contributed by atoms with van der Waals surface area (Å²) in [5.74, 6) is 6.39. The number of alkyl halides is 1. The van der Waals surface area contributed by atoms with Crippen molar-refractivity contribution in [3.63, 3.8) is 0 Å². The largest absolute Gasteiger partial charge is 0.103 e. The summed E-state index contributed by atoms with van der Waals surface area (Å²) in [6, 6.07) is 0. The van der Waals surface area contributed by atoms with Crippen molar-refractivity contribution in [1.29, 1.82) is 0 Å². The summed E-state index contributed by atoms with van der Waals surface area (Å²) in [6.45, 7) is 2.21. The zero-order valence-electron chi connectivity index (χ0n) is 7.33. The number of halogens is 1. The molecule has 0 aromatic heterocycles.